The predicted molar refractivity (Wildman–Crippen MR) is 67.9 cm³/mol. The van der Waals surface area contributed by atoms with Gasteiger partial charge in [0, 0.05) is 25.2 Å². The molecule has 1 amide bonds. The lowest BCUT2D eigenvalue weighted by molar-refractivity contribution is 0.0578. The van der Waals surface area contributed by atoms with Crippen molar-refractivity contribution in [3.8, 4) is 5.75 Å². The van der Waals surface area contributed by atoms with E-state index in [2.05, 4.69) is 5.32 Å². The molecule has 18 heavy (non-hydrogen) atoms. The van der Waals surface area contributed by atoms with Crippen molar-refractivity contribution >= 4 is 17.5 Å². The van der Waals surface area contributed by atoms with Crippen LogP contribution in [0.25, 0.3) is 0 Å². The van der Waals surface area contributed by atoms with E-state index in [1.54, 1.807) is 13.1 Å². The zero-order chi connectivity index (χ0) is 13.3. The number of likely N-dealkylation sites (N-methyl/N-ethyl adjacent to an activating group) is 1. The Hall–Kier alpha value is -1.30. The SMILES string of the molecule is CN(C(=O)c1ccc(Cl)cc1O)[C@@H]1CNC[C@H]1O. The fourth-order valence-corrected chi connectivity index (χ4v) is 2.24. The molecule has 0 aliphatic carbocycles. The Kier molecular flexibility index (Phi) is 3.75. The van der Waals surface area contributed by atoms with Crippen molar-refractivity contribution in [3.63, 3.8) is 0 Å². The molecular weight excluding hydrogens is 256 g/mol. The number of benzene rings is 1. The number of halogens is 1. The average molecular weight is 271 g/mol. The number of amides is 1. The second-order valence-electron chi connectivity index (χ2n) is 4.37. The molecule has 2 atom stereocenters. The van der Waals surface area contributed by atoms with E-state index in [0.29, 0.717) is 18.1 Å². The molecule has 0 radical (unpaired) electrons. The molecular formula is C12H15ClN2O3. The van der Waals surface area contributed by atoms with E-state index in [-0.39, 0.29) is 23.3 Å². The summed E-state index contributed by atoms with van der Waals surface area (Å²) in [6, 6.07) is 4.07. The maximum absolute atomic E-state index is 12.2. The molecule has 5 nitrogen and oxygen atoms in total. The lowest BCUT2D eigenvalue weighted by Gasteiger charge is -2.26. The number of aliphatic hydroxyl groups excluding tert-OH is 1. The number of carbonyl (C=O) groups excluding carboxylic acids is 1. The monoisotopic (exact) mass is 270 g/mol. The Labute approximate surface area is 110 Å². The topological polar surface area (TPSA) is 72.8 Å². The van der Waals surface area contributed by atoms with Crippen LogP contribution >= 0.6 is 11.6 Å². The van der Waals surface area contributed by atoms with E-state index < -0.39 is 6.10 Å². The minimum absolute atomic E-state index is 0.153. The first kappa shape index (κ1) is 13.1. The number of aromatic hydroxyl groups is 1. The summed E-state index contributed by atoms with van der Waals surface area (Å²) in [5, 5.41) is 22.8. The number of nitrogens with zero attached hydrogens (tertiary/aromatic N) is 1. The van der Waals surface area contributed by atoms with E-state index >= 15 is 0 Å². The van der Waals surface area contributed by atoms with Crippen LogP contribution in [0.5, 0.6) is 5.75 Å². The number of carbonyl (C=O) groups is 1. The summed E-state index contributed by atoms with van der Waals surface area (Å²) >= 11 is 5.72. The van der Waals surface area contributed by atoms with Gasteiger partial charge < -0.3 is 20.4 Å². The molecule has 0 unspecified atom stereocenters. The molecule has 6 heteroatoms. The standard InChI is InChI=1S/C12H15ClN2O3/c1-15(9-5-14-6-11(9)17)12(18)8-3-2-7(13)4-10(8)16/h2-4,9,11,14,16-17H,5-6H2,1H3/t9-,11-/m1/s1. The van der Waals surface area contributed by atoms with Crippen LogP contribution in [0.1, 0.15) is 10.4 Å². The van der Waals surface area contributed by atoms with E-state index in [0.717, 1.165) is 0 Å². The number of β-amino-alcohol motifs (C(OH)–C–C–N with tert-alkyl or cyclic N) is 1. The molecule has 2 rings (SSSR count). The van der Waals surface area contributed by atoms with Crippen molar-refractivity contribution < 1.29 is 15.0 Å². The van der Waals surface area contributed by atoms with Crippen LogP contribution in [-0.4, -0.2) is 53.3 Å². The summed E-state index contributed by atoms with van der Waals surface area (Å²) in [6.45, 7) is 1.01. The van der Waals surface area contributed by atoms with Crippen LogP contribution in [0.3, 0.4) is 0 Å². The van der Waals surface area contributed by atoms with Gasteiger partial charge in [-0.15, -0.1) is 0 Å². The van der Waals surface area contributed by atoms with Gasteiger partial charge in [0.25, 0.3) is 5.91 Å². The molecule has 0 bridgehead atoms. The van der Waals surface area contributed by atoms with Gasteiger partial charge in [0.2, 0.25) is 0 Å². The van der Waals surface area contributed by atoms with Gasteiger partial charge in [-0.25, -0.2) is 0 Å². The van der Waals surface area contributed by atoms with Crippen LogP contribution in [0.2, 0.25) is 5.02 Å². The van der Waals surface area contributed by atoms with E-state index in [1.165, 1.54) is 17.0 Å². The van der Waals surface area contributed by atoms with E-state index in [1.807, 2.05) is 0 Å². The van der Waals surface area contributed by atoms with Crippen LogP contribution in [0, 0.1) is 0 Å². The van der Waals surface area contributed by atoms with Gasteiger partial charge in [0.1, 0.15) is 5.75 Å². The summed E-state index contributed by atoms with van der Waals surface area (Å²) in [4.78, 5) is 13.6. The molecule has 98 valence electrons. The zero-order valence-corrected chi connectivity index (χ0v) is 10.7. The second-order valence-corrected chi connectivity index (χ2v) is 4.81. The summed E-state index contributed by atoms with van der Waals surface area (Å²) in [6.07, 6.45) is -0.589. The quantitative estimate of drug-likeness (QED) is 0.730. The number of aliphatic hydroxyl groups is 1. The molecule has 1 heterocycles. The van der Waals surface area contributed by atoms with Crippen molar-refractivity contribution in [1.29, 1.82) is 0 Å². The maximum atomic E-state index is 12.2. The molecule has 1 aromatic rings. The lowest BCUT2D eigenvalue weighted by atomic mass is 10.1. The fraction of sp³-hybridized carbons (Fsp3) is 0.417. The predicted octanol–water partition coefficient (Wildman–Crippen LogP) is 0.450. The van der Waals surface area contributed by atoms with E-state index in [4.69, 9.17) is 11.6 Å². The highest BCUT2D eigenvalue weighted by molar-refractivity contribution is 6.30. The third kappa shape index (κ3) is 2.43. The first-order chi connectivity index (χ1) is 8.50. The zero-order valence-electron chi connectivity index (χ0n) is 9.93. The first-order valence-corrected chi connectivity index (χ1v) is 6.03. The van der Waals surface area contributed by atoms with Crippen molar-refractivity contribution in [1.82, 2.24) is 10.2 Å². The minimum Gasteiger partial charge on any atom is -0.507 e. The van der Waals surface area contributed by atoms with Gasteiger partial charge in [0.05, 0.1) is 17.7 Å². The normalized spacial score (nSPS) is 23.1. The Balaban J connectivity index is 2.20. The average Bonchev–Trinajstić information content (AvgIpc) is 2.74. The van der Waals surface area contributed by atoms with Crippen LogP contribution in [-0.2, 0) is 0 Å². The van der Waals surface area contributed by atoms with Crippen LogP contribution in [0.4, 0.5) is 0 Å². The highest BCUT2D eigenvalue weighted by Crippen LogP contribution is 2.24. The van der Waals surface area contributed by atoms with Gasteiger partial charge >= 0.3 is 0 Å². The largest absolute Gasteiger partial charge is 0.507 e. The molecule has 1 fully saturated rings. The summed E-state index contributed by atoms with van der Waals surface area (Å²) in [5.41, 5.74) is 0.181. The van der Waals surface area contributed by atoms with Crippen molar-refractivity contribution in [3.05, 3.63) is 28.8 Å². The number of phenols is 1. The number of hydrogen-bond donors (Lipinski definition) is 3. The maximum Gasteiger partial charge on any atom is 0.257 e. The van der Waals surface area contributed by atoms with Gasteiger partial charge in [-0.1, -0.05) is 11.6 Å². The fourth-order valence-electron chi connectivity index (χ4n) is 2.07. The number of phenolic OH excluding ortho intramolecular Hbond substituents is 1. The molecule has 0 saturated carbocycles. The lowest BCUT2D eigenvalue weighted by Crippen LogP contribution is -2.44. The van der Waals surface area contributed by atoms with Crippen molar-refractivity contribution in [2.24, 2.45) is 0 Å². The summed E-state index contributed by atoms with van der Waals surface area (Å²) < 4.78 is 0. The van der Waals surface area contributed by atoms with Gasteiger partial charge in [-0.05, 0) is 18.2 Å². The molecule has 1 aromatic carbocycles. The van der Waals surface area contributed by atoms with Gasteiger partial charge in [-0.3, -0.25) is 4.79 Å². The third-order valence-corrected chi connectivity index (χ3v) is 3.39. The van der Waals surface area contributed by atoms with Crippen molar-refractivity contribution in [2.45, 2.75) is 12.1 Å². The molecule has 0 spiro atoms. The molecule has 1 aliphatic rings. The third-order valence-electron chi connectivity index (χ3n) is 3.16. The minimum atomic E-state index is -0.589. The Morgan fingerprint density at radius 2 is 2.22 bits per heavy atom. The van der Waals surface area contributed by atoms with Crippen LogP contribution in [0.15, 0.2) is 18.2 Å². The molecule has 1 aliphatic heterocycles. The van der Waals surface area contributed by atoms with Crippen LogP contribution < -0.4 is 5.32 Å². The number of nitrogens with one attached hydrogen (secondary N) is 1. The molecule has 0 aromatic heterocycles. The second kappa shape index (κ2) is 5.14. The highest BCUT2D eigenvalue weighted by Gasteiger charge is 2.32. The van der Waals surface area contributed by atoms with Crippen molar-refractivity contribution in [2.75, 3.05) is 20.1 Å². The molecule has 3 N–H and O–H groups in total. The van der Waals surface area contributed by atoms with E-state index in [9.17, 15) is 15.0 Å². The highest BCUT2D eigenvalue weighted by atomic mass is 35.5. The van der Waals surface area contributed by atoms with Gasteiger partial charge in [-0.2, -0.15) is 0 Å². The Morgan fingerprint density at radius 3 is 2.78 bits per heavy atom. The molecule has 1 saturated heterocycles. The summed E-state index contributed by atoms with van der Waals surface area (Å²) in [5.74, 6) is -0.489. The van der Waals surface area contributed by atoms with Gasteiger partial charge in [0.15, 0.2) is 0 Å². The number of rotatable bonds is 2. The Bertz CT molecular complexity index is 467. The first-order valence-electron chi connectivity index (χ1n) is 5.65. The summed E-state index contributed by atoms with van der Waals surface area (Å²) in [7, 11) is 1.61. The Morgan fingerprint density at radius 1 is 1.50 bits per heavy atom. The smallest absolute Gasteiger partial charge is 0.257 e. The number of hydrogen-bond acceptors (Lipinski definition) is 4.